The molecule has 0 unspecified atom stereocenters. The summed E-state index contributed by atoms with van der Waals surface area (Å²) < 4.78 is 25.3. The monoisotopic (exact) mass is 493 g/mol. The molecule has 4 aromatic carbocycles. The van der Waals surface area contributed by atoms with Crippen molar-refractivity contribution < 1.29 is 18.3 Å². The number of carbonyl (C=O) groups excluding carboxylic acids is 1. The summed E-state index contributed by atoms with van der Waals surface area (Å²) in [7, 11) is 0. The van der Waals surface area contributed by atoms with E-state index in [0.717, 1.165) is 55.1 Å². The summed E-state index contributed by atoms with van der Waals surface area (Å²) in [5.41, 5.74) is 6.18. The lowest BCUT2D eigenvalue weighted by molar-refractivity contribution is -0.116. The smallest absolute Gasteiger partial charge is 0.244 e. The number of nitrogens with one attached hydrogen (secondary N) is 1. The van der Waals surface area contributed by atoms with Crippen LogP contribution in [0.1, 0.15) is 30.5 Å². The summed E-state index contributed by atoms with van der Waals surface area (Å²) in [6, 6.07) is 22.7. The first kappa shape index (κ1) is 24.3. The molecule has 0 spiro atoms. The molecule has 0 bridgehead atoms. The van der Waals surface area contributed by atoms with Crippen LogP contribution in [-0.4, -0.2) is 12.5 Å². The van der Waals surface area contributed by atoms with Gasteiger partial charge in [0.15, 0.2) is 0 Å². The molecule has 0 aliphatic carbocycles. The number of allylic oxidation sites excluding steroid dienone is 1. The molecule has 5 heteroatoms. The molecule has 0 aliphatic heterocycles. The topological polar surface area (TPSA) is 51.5 Å². The minimum absolute atomic E-state index is 0.233. The van der Waals surface area contributed by atoms with Gasteiger partial charge in [-0.15, -0.1) is 0 Å². The number of fused-ring (bicyclic) bond motifs is 2. The minimum atomic E-state index is -0.304. The highest BCUT2D eigenvalue weighted by atomic mass is 19.1. The van der Waals surface area contributed by atoms with Crippen molar-refractivity contribution in [2.75, 3.05) is 6.61 Å². The predicted octanol–water partition coefficient (Wildman–Crippen LogP) is 7.82. The first-order chi connectivity index (χ1) is 18.0. The molecule has 37 heavy (non-hydrogen) atoms. The maximum atomic E-state index is 13.2. The van der Waals surface area contributed by atoms with Gasteiger partial charge in [0, 0.05) is 34.7 Å². The van der Waals surface area contributed by atoms with Crippen molar-refractivity contribution in [1.29, 1.82) is 0 Å². The Morgan fingerprint density at radius 2 is 1.76 bits per heavy atom. The summed E-state index contributed by atoms with van der Waals surface area (Å²) in [6.07, 6.45) is 3.37. The number of amides is 1. The lowest BCUT2D eigenvalue weighted by Gasteiger charge is -2.15. The molecule has 0 aliphatic rings. The molecule has 1 amide bonds. The van der Waals surface area contributed by atoms with E-state index < -0.39 is 0 Å². The Bertz CT molecular complexity index is 1620. The Morgan fingerprint density at radius 3 is 2.54 bits per heavy atom. The van der Waals surface area contributed by atoms with Gasteiger partial charge in [-0.3, -0.25) is 4.79 Å². The van der Waals surface area contributed by atoms with Crippen LogP contribution in [0.2, 0.25) is 0 Å². The number of carbonyl (C=O) groups is 1. The number of hydrogen-bond acceptors (Lipinski definition) is 3. The van der Waals surface area contributed by atoms with Crippen molar-refractivity contribution in [2.24, 2.45) is 0 Å². The van der Waals surface area contributed by atoms with E-state index in [-0.39, 0.29) is 11.7 Å². The second kappa shape index (κ2) is 10.3. The number of ether oxygens (including phenoxy) is 1. The summed E-state index contributed by atoms with van der Waals surface area (Å²) in [5.74, 6) is 0.166. The van der Waals surface area contributed by atoms with Gasteiger partial charge < -0.3 is 14.5 Å². The van der Waals surface area contributed by atoms with E-state index >= 15 is 0 Å². The Labute approximate surface area is 215 Å². The van der Waals surface area contributed by atoms with E-state index in [2.05, 4.69) is 35.6 Å². The van der Waals surface area contributed by atoms with Crippen molar-refractivity contribution in [3.05, 3.63) is 108 Å². The fraction of sp³-hybridized carbons (Fsp3) is 0.156. The van der Waals surface area contributed by atoms with Crippen LogP contribution < -0.4 is 10.1 Å². The maximum Gasteiger partial charge on any atom is 0.244 e. The van der Waals surface area contributed by atoms with E-state index in [1.807, 2.05) is 39.0 Å². The third-order valence-electron chi connectivity index (χ3n) is 6.56. The summed E-state index contributed by atoms with van der Waals surface area (Å²) in [5, 5.41) is 6.15. The highest BCUT2D eigenvalue weighted by molar-refractivity contribution is 6.07. The highest BCUT2D eigenvalue weighted by Gasteiger charge is 2.20. The van der Waals surface area contributed by atoms with E-state index in [9.17, 15) is 9.18 Å². The fourth-order valence-corrected chi connectivity index (χ4v) is 4.72. The van der Waals surface area contributed by atoms with Gasteiger partial charge in [-0.2, -0.15) is 0 Å². The molecular formula is C32H28FNO3. The van der Waals surface area contributed by atoms with E-state index in [1.54, 1.807) is 24.5 Å². The lowest BCUT2D eigenvalue weighted by Crippen LogP contribution is -2.20. The van der Waals surface area contributed by atoms with Crippen molar-refractivity contribution >= 4 is 33.2 Å². The van der Waals surface area contributed by atoms with Crippen LogP contribution in [0, 0.1) is 12.7 Å². The average molecular weight is 494 g/mol. The highest BCUT2D eigenvalue weighted by Crippen LogP contribution is 2.42. The van der Waals surface area contributed by atoms with Gasteiger partial charge in [-0.25, -0.2) is 4.39 Å². The number of rotatable bonds is 7. The molecule has 0 radical (unpaired) electrons. The Hall–Kier alpha value is -4.38. The first-order valence-electron chi connectivity index (χ1n) is 12.3. The van der Waals surface area contributed by atoms with Crippen molar-refractivity contribution in [3.8, 4) is 16.9 Å². The third kappa shape index (κ3) is 4.85. The van der Waals surface area contributed by atoms with Gasteiger partial charge in [0.05, 0.1) is 12.9 Å². The van der Waals surface area contributed by atoms with E-state index in [0.29, 0.717) is 18.9 Å². The zero-order valence-corrected chi connectivity index (χ0v) is 21.1. The van der Waals surface area contributed by atoms with E-state index in [1.165, 1.54) is 12.1 Å². The quantitative estimate of drug-likeness (QED) is 0.235. The summed E-state index contributed by atoms with van der Waals surface area (Å²) in [4.78, 5) is 12.7. The van der Waals surface area contributed by atoms with Crippen molar-refractivity contribution in [1.82, 2.24) is 5.32 Å². The Morgan fingerprint density at radius 1 is 1.00 bits per heavy atom. The maximum absolute atomic E-state index is 13.2. The Balaban J connectivity index is 1.55. The number of furan rings is 1. The molecule has 5 rings (SSSR count). The van der Waals surface area contributed by atoms with Gasteiger partial charge in [-0.1, -0.05) is 54.6 Å². The SMILES string of the molecule is CCOc1c(/C(C)=C/C(=O)NCc2ccc(F)cc2)cc2c(-c3cccc4ccccc34)coc2c1C. The summed E-state index contributed by atoms with van der Waals surface area (Å²) in [6.45, 7) is 6.62. The van der Waals surface area contributed by atoms with Gasteiger partial charge in [-0.05, 0) is 66.4 Å². The van der Waals surface area contributed by atoms with Gasteiger partial charge in [0.2, 0.25) is 5.91 Å². The number of hydrogen-bond donors (Lipinski definition) is 1. The molecule has 1 N–H and O–H groups in total. The molecule has 1 heterocycles. The second-order valence-corrected chi connectivity index (χ2v) is 9.04. The molecule has 0 atom stereocenters. The molecule has 0 saturated heterocycles. The van der Waals surface area contributed by atoms with Gasteiger partial charge >= 0.3 is 0 Å². The molecule has 4 nitrogen and oxygen atoms in total. The van der Waals surface area contributed by atoms with E-state index in [4.69, 9.17) is 9.15 Å². The molecule has 1 aromatic heterocycles. The first-order valence-corrected chi connectivity index (χ1v) is 12.3. The zero-order valence-electron chi connectivity index (χ0n) is 21.1. The zero-order chi connectivity index (χ0) is 25.9. The van der Waals surface area contributed by atoms with Crippen LogP contribution in [0.5, 0.6) is 5.75 Å². The molecular weight excluding hydrogens is 465 g/mol. The van der Waals surface area contributed by atoms with Crippen LogP contribution in [0.3, 0.4) is 0 Å². The number of halogens is 1. The Kier molecular flexibility index (Phi) is 6.78. The fourth-order valence-electron chi connectivity index (χ4n) is 4.72. The van der Waals surface area contributed by atoms with Crippen molar-refractivity contribution in [2.45, 2.75) is 27.3 Å². The molecule has 186 valence electrons. The molecule has 5 aromatic rings. The van der Waals surface area contributed by atoms with Gasteiger partial charge in [0.25, 0.3) is 0 Å². The standard InChI is InChI=1S/C32H28FNO3/c1-4-36-31-21(3)32-28(29(19-37-32)26-11-7-9-23-8-5-6-10-25(23)26)17-27(31)20(2)16-30(35)34-18-22-12-14-24(33)15-13-22/h5-17,19H,4,18H2,1-3H3,(H,34,35)/b20-16+. The second-order valence-electron chi connectivity index (χ2n) is 9.04. The normalized spacial score (nSPS) is 11.7. The van der Waals surface area contributed by atoms with Crippen LogP contribution in [0.4, 0.5) is 4.39 Å². The summed E-state index contributed by atoms with van der Waals surface area (Å²) >= 11 is 0. The van der Waals surface area contributed by atoms with Crippen LogP contribution in [-0.2, 0) is 11.3 Å². The largest absolute Gasteiger partial charge is 0.493 e. The van der Waals surface area contributed by atoms with Gasteiger partial charge in [0.1, 0.15) is 17.1 Å². The van der Waals surface area contributed by atoms with Crippen molar-refractivity contribution in [3.63, 3.8) is 0 Å². The van der Waals surface area contributed by atoms with Crippen LogP contribution in [0.15, 0.2) is 89.6 Å². The minimum Gasteiger partial charge on any atom is -0.493 e. The lowest BCUT2D eigenvalue weighted by atomic mass is 9.94. The third-order valence-corrected chi connectivity index (χ3v) is 6.56. The molecule has 0 fully saturated rings. The van der Waals surface area contributed by atoms with Crippen LogP contribution >= 0.6 is 0 Å². The predicted molar refractivity (Wildman–Crippen MR) is 147 cm³/mol. The average Bonchev–Trinajstić information content (AvgIpc) is 3.33. The number of aryl methyl sites for hydroxylation is 1. The molecule has 0 saturated carbocycles. The van der Waals surface area contributed by atoms with Crippen LogP contribution in [0.25, 0.3) is 38.4 Å². The number of benzene rings is 4.